The average Bonchev–Trinajstić information content (AvgIpc) is 2.70. The van der Waals surface area contributed by atoms with E-state index in [0.29, 0.717) is 5.38 Å². The lowest BCUT2D eigenvalue weighted by atomic mass is 9.99. The van der Waals surface area contributed by atoms with E-state index < -0.39 is 0 Å². The van der Waals surface area contributed by atoms with Crippen molar-refractivity contribution in [3.63, 3.8) is 0 Å². The summed E-state index contributed by atoms with van der Waals surface area (Å²) in [6.07, 6.45) is 9.54. The number of halogens is 1. The zero-order valence-corrected chi connectivity index (χ0v) is 10.9. The molecule has 0 aromatic carbocycles. The third-order valence-electron chi connectivity index (χ3n) is 3.13. The van der Waals surface area contributed by atoms with Crippen molar-refractivity contribution in [3.8, 4) is 0 Å². The standard InChI is InChI=1S/C12H23ClS/c1-2-14-10-6-5-9-12(13)11-7-3-4-8-11/h11-12H,2-10H2,1H3. The van der Waals surface area contributed by atoms with Gasteiger partial charge in [-0.15, -0.1) is 11.6 Å². The predicted molar refractivity (Wildman–Crippen MR) is 68.4 cm³/mol. The van der Waals surface area contributed by atoms with Crippen LogP contribution >= 0.6 is 23.4 Å². The fraction of sp³-hybridized carbons (Fsp3) is 1.00. The van der Waals surface area contributed by atoms with Crippen molar-refractivity contribution >= 4 is 23.4 Å². The van der Waals surface area contributed by atoms with E-state index in [-0.39, 0.29) is 0 Å². The first-order valence-corrected chi connectivity index (χ1v) is 7.65. The molecule has 2 heteroatoms. The Morgan fingerprint density at radius 2 is 2.00 bits per heavy atom. The number of unbranched alkanes of at least 4 members (excludes halogenated alkanes) is 1. The van der Waals surface area contributed by atoms with Crippen molar-refractivity contribution in [2.24, 2.45) is 5.92 Å². The molecule has 0 aliphatic heterocycles. The molecular formula is C12H23ClS. The van der Waals surface area contributed by atoms with Gasteiger partial charge >= 0.3 is 0 Å². The van der Waals surface area contributed by atoms with Gasteiger partial charge in [0, 0.05) is 5.38 Å². The summed E-state index contributed by atoms with van der Waals surface area (Å²) in [4.78, 5) is 0. The Balaban J connectivity index is 1.94. The van der Waals surface area contributed by atoms with Crippen molar-refractivity contribution in [2.45, 2.75) is 57.2 Å². The van der Waals surface area contributed by atoms with E-state index >= 15 is 0 Å². The fourth-order valence-electron chi connectivity index (χ4n) is 2.24. The van der Waals surface area contributed by atoms with Crippen molar-refractivity contribution in [1.29, 1.82) is 0 Å². The summed E-state index contributed by atoms with van der Waals surface area (Å²) in [5, 5.41) is 0.476. The van der Waals surface area contributed by atoms with E-state index in [2.05, 4.69) is 6.92 Å². The molecule has 0 aromatic heterocycles. The van der Waals surface area contributed by atoms with E-state index in [1.54, 1.807) is 0 Å². The second-order valence-corrected chi connectivity index (χ2v) is 6.21. The van der Waals surface area contributed by atoms with E-state index in [9.17, 15) is 0 Å². The SMILES string of the molecule is CCSCCCCC(Cl)C1CCCC1. The molecule has 0 N–H and O–H groups in total. The van der Waals surface area contributed by atoms with Crippen LogP contribution in [0.4, 0.5) is 0 Å². The van der Waals surface area contributed by atoms with Gasteiger partial charge in [0.15, 0.2) is 0 Å². The van der Waals surface area contributed by atoms with Gasteiger partial charge in [0.1, 0.15) is 0 Å². The number of alkyl halides is 1. The van der Waals surface area contributed by atoms with Crippen LogP contribution in [0.5, 0.6) is 0 Å². The third-order valence-corrected chi connectivity index (χ3v) is 4.69. The number of thioether (sulfide) groups is 1. The van der Waals surface area contributed by atoms with Gasteiger partial charge in [0.2, 0.25) is 0 Å². The Kier molecular flexibility index (Phi) is 7.14. The molecule has 84 valence electrons. The van der Waals surface area contributed by atoms with Crippen molar-refractivity contribution in [3.05, 3.63) is 0 Å². The summed E-state index contributed by atoms with van der Waals surface area (Å²) in [6, 6.07) is 0. The van der Waals surface area contributed by atoms with E-state index in [1.807, 2.05) is 11.8 Å². The van der Waals surface area contributed by atoms with Crippen LogP contribution in [0.1, 0.15) is 51.9 Å². The van der Waals surface area contributed by atoms with E-state index in [0.717, 1.165) is 5.92 Å². The van der Waals surface area contributed by atoms with Gasteiger partial charge in [-0.1, -0.05) is 26.2 Å². The van der Waals surface area contributed by atoms with Gasteiger partial charge < -0.3 is 0 Å². The van der Waals surface area contributed by atoms with Gasteiger partial charge in [-0.05, 0) is 43.1 Å². The van der Waals surface area contributed by atoms with Gasteiger partial charge in [0.25, 0.3) is 0 Å². The summed E-state index contributed by atoms with van der Waals surface area (Å²) in [6.45, 7) is 2.23. The van der Waals surface area contributed by atoms with Gasteiger partial charge in [-0.25, -0.2) is 0 Å². The lowest BCUT2D eigenvalue weighted by Crippen LogP contribution is -2.11. The molecule has 1 rings (SSSR count). The Morgan fingerprint density at radius 3 is 2.64 bits per heavy atom. The molecule has 1 unspecified atom stereocenters. The minimum atomic E-state index is 0.476. The Morgan fingerprint density at radius 1 is 1.29 bits per heavy atom. The largest absolute Gasteiger partial charge is 0.162 e. The molecule has 14 heavy (non-hydrogen) atoms. The van der Waals surface area contributed by atoms with Crippen LogP contribution in [-0.4, -0.2) is 16.9 Å². The molecule has 1 aliphatic carbocycles. The molecule has 0 aromatic rings. The number of hydrogen-bond acceptors (Lipinski definition) is 1. The van der Waals surface area contributed by atoms with Gasteiger partial charge in [0.05, 0.1) is 0 Å². The summed E-state index contributed by atoms with van der Waals surface area (Å²) < 4.78 is 0. The van der Waals surface area contributed by atoms with Crippen molar-refractivity contribution in [1.82, 2.24) is 0 Å². The first-order chi connectivity index (χ1) is 6.84. The van der Waals surface area contributed by atoms with Crippen LogP contribution in [0, 0.1) is 5.92 Å². The quantitative estimate of drug-likeness (QED) is 0.454. The van der Waals surface area contributed by atoms with Crippen LogP contribution in [-0.2, 0) is 0 Å². The average molecular weight is 235 g/mol. The molecule has 0 nitrogen and oxygen atoms in total. The van der Waals surface area contributed by atoms with Crippen LogP contribution in [0.2, 0.25) is 0 Å². The lowest BCUT2D eigenvalue weighted by molar-refractivity contribution is 0.481. The van der Waals surface area contributed by atoms with Crippen LogP contribution in [0.25, 0.3) is 0 Å². The smallest absolute Gasteiger partial charge is 0.0364 e. The Labute approximate surface area is 98.2 Å². The molecule has 0 saturated heterocycles. The fourth-order valence-corrected chi connectivity index (χ4v) is 3.35. The van der Waals surface area contributed by atoms with E-state index in [1.165, 1.54) is 56.5 Å². The Hall–Kier alpha value is 0.640. The highest BCUT2D eigenvalue weighted by Crippen LogP contribution is 2.32. The number of hydrogen-bond donors (Lipinski definition) is 0. The summed E-state index contributed by atoms with van der Waals surface area (Å²) in [7, 11) is 0. The zero-order valence-electron chi connectivity index (χ0n) is 9.30. The first kappa shape index (κ1) is 12.7. The molecule has 0 spiro atoms. The maximum Gasteiger partial charge on any atom is 0.0364 e. The minimum absolute atomic E-state index is 0.476. The number of rotatable bonds is 7. The Bertz CT molecular complexity index is 132. The normalized spacial score (nSPS) is 20.1. The molecule has 0 heterocycles. The summed E-state index contributed by atoms with van der Waals surface area (Å²) in [5.74, 6) is 3.42. The van der Waals surface area contributed by atoms with E-state index in [4.69, 9.17) is 11.6 Å². The maximum atomic E-state index is 6.39. The summed E-state index contributed by atoms with van der Waals surface area (Å²) in [5.41, 5.74) is 0. The molecule has 1 atom stereocenters. The predicted octanol–water partition coefficient (Wildman–Crippen LogP) is 4.71. The maximum absolute atomic E-state index is 6.39. The monoisotopic (exact) mass is 234 g/mol. The van der Waals surface area contributed by atoms with Crippen LogP contribution in [0.15, 0.2) is 0 Å². The third kappa shape index (κ3) is 4.93. The van der Waals surface area contributed by atoms with Crippen LogP contribution < -0.4 is 0 Å². The van der Waals surface area contributed by atoms with Crippen LogP contribution in [0.3, 0.4) is 0 Å². The second kappa shape index (κ2) is 7.87. The molecule has 0 radical (unpaired) electrons. The topological polar surface area (TPSA) is 0 Å². The first-order valence-electron chi connectivity index (χ1n) is 6.06. The molecular weight excluding hydrogens is 212 g/mol. The van der Waals surface area contributed by atoms with Crippen molar-refractivity contribution in [2.75, 3.05) is 11.5 Å². The summed E-state index contributed by atoms with van der Waals surface area (Å²) >= 11 is 8.44. The highest BCUT2D eigenvalue weighted by atomic mass is 35.5. The molecule has 0 amide bonds. The second-order valence-electron chi connectivity index (χ2n) is 4.25. The highest BCUT2D eigenvalue weighted by molar-refractivity contribution is 7.99. The molecule has 1 fully saturated rings. The lowest BCUT2D eigenvalue weighted by Gasteiger charge is -2.16. The molecule has 1 saturated carbocycles. The zero-order chi connectivity index (χ0) is 10.2. The molecule has 0 bridgehead atoms. The highest BCUT2D eigenvalue weighted by Gasteiger charge is 2.22. The van der Waals surface area contributed by atoms with Gasteiger partial charge in [-0.2, -0.15) is 11.8 Å². The van der Waals surface area contributed by atoms with Crippen molar-refractivity contribution < 1.29 is 0 Å². The van der Waals surface area contributed by atoms with Gasteiger partial charge in [-0.3, -0.25) is 0 Å². The minimum Gasteiger partial charge on any atom is -0.162 e. The molecule has 1 aliphatic rings.